The Morgan fingerprint density at radius 2 is 2.00 bits per heavy atom. The van der Waals surface area contributed by atoms with Crippen LogP contribution in [0.3, 0.4) is 0 Å². The molecule has 1 aromatic rings. The zero-order chi connectivity index (χ0) is 19.9. The van der Waals surface area contributed by atoms with Crippen molar-refractivity contribution in [1.82, 2.24) is 9.62 Å². The number of para-hydroxylation sites is 1. The first-order valence-corrected chi connectivity index (χ1v) is 11.8. The first-order chi connectivity index (χ1) is 13.4. The third-order valence-corrected chi connectivity index (χ3v) is 7.39. The van der Waals surface area contributed by atoms with Crippen LogP contribution in [0.4, 0.5) is 11.4 Å². The highest BCUT2D eigenvalue weighted by Gasteiger charge is 2.34. The number of guanidine groups is 1. The summed E-state index contributed by atoms with van der Waals surface area (Å²) in [5.74, 6) is 0.957. The first-order valence-electron chi connectivity index (χ1n) is 9.93. The summed E-state index contributed by atoms with van der Waals surface area (Å²) in [6, 6.07) is 6.77. The highest BCUT2D eigenvalue weighted by molar-refractivity contribution is 7.88. The fourth-order valence-corrected chi connectivity index (χ4v) is 5.14. The Kier molecular flexibility index (Phi) is 5.24. The van der Waals surface area contributed by atoms with Crippen LogP contribution in [0, 0.1) is 0 Å². The highest BCUT2D eigenvalue weighted by atomic mass is 32.2. The van der Waals surface area contributed by atoms with Crippen molar-refractivity contribution in [3.8, 4) is 0 Å². The zero-order valence-electron chi connectivity index (χ0n) is 16.6. The standard InChI is InChI=1S/C19H29N5O3S/c1-22-12-14-4-3-5-17(24-11-8-16(24)13-25)18(14)21-19(22)20-15-6-9-23(10-7-15)28(2,26)27/h3-5,15-16,25H,6-13H2,1-2H3,(H,20,21)/p+1. The first kappa shape index (κ1) is 19.5. The molecule has 0 saturated carbocycles. The molecular formula is C19H30N5O3S+. The minimum absolute atomic E-state index is 0.178. The van der Waals surface area contributed by atoms with Crippen LogP contribution in [0.2, 0.25) is 0 Å². The van der Waals surface area contributed by atoms with Gasteiger partial charge in [-0.25, -0.2) is 18.0 Å². The highest BCUT2D eigenvalue weighted by Crippen LogP contribution is 2.36. The largest absolute Gasteiger partial charge is 0.394 e. The van der Waals surface area contributed by atoms with Crippen molar-refractivity contribution in [3.05, 3.63) is 23.8 Å². The molecule has 1 unspecified atom stereocenters. The van der Waals surface area contributed by atoms with Gasteiger partial charge in [0.2, 0.25) is 10.0 Å². The van der Waals surface area contributed by atoms with E-state index in [1.807, 2.05) is 0 Å². The molecule has 1 aromatic carbocycles. The third-order valence-electron chi connectivity index (χ3n) is 6.09. The lowest BCUT2D eigenvalue weighted by molar-refractivity contribution is -0.517. The smallest absolute Gasteiger partial charge is 0.351 e. The van der Waals surface area contributed by atoms with Crippen molar-refractivity contribution in [2.45, 2.75) is 37.9 Å². The van der Waals surface area contributed by atoms with Gasteiger partial charge in [-0.1, -0.05) is 12.1 Å². The van der Waals surface area contributed by atoms with Crippen molar-refractivity contribution in [2.24, 2.45) is 0 Å². The summed E-state index contributed by atoms with van der Waals surface area (Å²) in [5.41, 5.74) is 3.48. The van der Waals surface area contributed by atoms with Gasteiger partial charge < -0.3 is 10.0 Å². The van der Waals surface area contributed by atoms with Gasteiger partial charge in [0, 0.05) is 25.2 Å². The second-order valence-electron chi connectivity index (χ2n) is 8.04. The molecule has 4 rings (SSSR count). The number of aliphatic hydroxyl groups is 1. The molecule has 3 heterocycles. The molecule has 28 heavy (non-hydrogen) atoms. The van der Waals surface area contributed by atoms with Gasteiger partial charge in [0.1, 0.15) is 5.69 Å². The molecule has 9 heteroatoms. The third kappa shape index (κ3) is 3.70. The fourth-order valence-electron chi connectivity index (χ4n) is 4.27. The summed E-state index contributed by atoms with van der Waals surface area (Å²) in [6.07, 6.45) is 3.88. The van der Waals surface area contributed by atoms with Crippen molar-refractivity contribution in [3.63, 3.8) is 0 Å². The van der Waals surface area contributed by atoms with Gasteiger partial charge in [-0.3, -0.25) is 9.89 Å². The number of hydrogen-bond donors (Lipinski definition) is 3. The molecule has 8 nitrogen and oxygen atoms in total. The molecule has 1 atom stereocenters. The number of nitrogens with one attached hydrogen (secondary N) is 2. The summed E-state index contributed by atoms with van der Waals surface area (Å²) in [7, 11) is -1.05. The van der Waals surface area contributed by atoms with Crippen molar-refractivity contribution in [2.75, 3.05) is 49.8 Å². The molecule has 0 radical (unpaired) electrons. The maximum atomic E-state index is 11.7. The predicted octanol–water partition coefficient (Wildman–Crippen LogP) is 0.195. The van der Waals surface area contributed by atoms with Crippen molar-refractivity contribution in [1.29, 1.82) is 0 Å². The topological polar surface area (TPSA) is 87.9 Å². The van der Waals surface area contributed by atoms with Crippen LogP contribution in [-0.4, -0.2) is 80.0 Å². The SMILES string of the molecule is C[N+]1=C(NC2CCN(S(C)(=O)=O)CC2)Nc2c(cccc2N2CCC2CO)C1. The molecule has 0 aliphatic carbocycles. The number of aliphatic hydroxyl groups excluding tert-OH is 1. The minimum Gasteiger partial charge on any atom is -0.394 e. The van der Waals surface area contributed by atoms with E-state index in [1.165, 1.54) is 11.8 Å². The second kappa shape index (κ2) is 7.53. The molecule has 0 bridgehead atoms. The van der Waals surface area contributed by atoms with E-state index < -0.39 is 10.0 Å². The molecule has 3 aliphatic heterocycles. The second-order valence-corrected chi connectivity index (χ2v) is 10.0. The molecule has 2 fully saturated rings. The lowest BCUT2D eigenvalue weighted by atomic mass is 10.00. The van der Waals surface area contributed by atoms with Crippen molar-refractivity contribution >= 4 is 27.4 Å². The van der Waals surface area contributed by atoms with E-state index >= 15 is 0 Å². The molecule has 3 N–H and O–H groups in total. The van der Waals surface area contributed by atoms with E-state index in [0.29, 0.717) is 13.1 Å². The van der Waals surface area contributed by atoms with Gasteiger partial charge in [-0.05, 0) is 25.3 Å². The molecule has 0 amide bonds. The Morgan fingerprint density at radius 3 is 2.61 bits per heavy atom. The maximum Gasteiger partial charge on any atom is 0.351 e. The van der Waals surface area contributed by atoms with Crippen LogP contribution in [0.15, 0.2) is 18.2 Å². The molecule has 2 saturated heterocycles. The van der Waals surface area contributed by atoms with Crippen LogP contribution in [-0.2, 0) is 16.6 Å². The number of rotatable bonds is 4. The summed E-state index contributed by atoms with van der Waals surface area (Å²) >= 11 is 0. The van der Waals surface area contributed by atoms with Gasteiger partial charge in [0.15, 0.2) is 0 Å². The Morgan fingerprint density at radius 1 is 1.25 bits per heavy atom. The zero-order valence-corrected chi connectivity index (χ0v) is 17.4. The lowest BCUT2D eigenvalue weighted by Gasteiger charge is -2.43. The van der Waals surface area contributed by atoms with E-state index in [4.69, 9.17) is 0 Å². The van der Waals surface area contributed by atoms with Crippen LogP contribution >= 0.6 is 0 Å². The van der Waals surface area contributed by atoms with E-state index in [9.17, 15) is 13.5 Å². The van der Waals surface area contributed by atoms with E-state index in [1.54, 1.807) is 4.31 Å². The monoisotopic (exact) mass is 408 g/mol. The number of hydrogen-bond acceptors (Lipinski definition) is 6. The summed E-state index contributed by atoms with van der Waals surface area (Å²) in [5, 5.41) is 16.7. The number of benzene rings is 1. The minimum atomic E-state index is -3.11. The average molecular weight is 409 g/mol. The van der Waals surface area contributed by atoms with Crippen molar-refractivity contribution < 1.29 is 18.1 Å². The van der Waals surface area contributed by atoms with E-state index in [2.05, 4.69) is 45.4 Å². The number of nitrogens with zero attached hydrogens (tertiary/aromatic N) is 3. The Bertz CT molecular complexity index is 876. The van der Waals surface area contributed by atoms with Gasteiger partial charge in [-0.15, -0.1) is 0 Å². The molecule has 154 valence electrons. The number of piperidine rings is 1. The van der Waals surface area contributed by atoms with E-state index in [-0.39, 0.29) is 18.7 Å². The molecule has 3 aliphatic rings. The summed E-state index contributed by atoms with van der Waals surface area (Å²) in [4.78, 5) is 2.26. The average Bonchev–Trinajstić information content (AvgIpc) is 2.62. The quantitative estimate of drug-likeness (QED) is 0.617. The molecular weight excluding hydrogens is 378 g/mol. The number of anilines is 2. The molecule has 0 spiro atoms. The van der Waals surface area contributed by atoms with Crippen LogP contribution in [0.1, 0.15) is 24.8 Å². The van der Waals surface area contributed by atoms with Crippen LogP contribution in [0.5, 0.6) is 0 Å². The van der Waals surface area contributed by atoms with Crippen LogP contribution < -0.4 is 15.5 Å². The van der Waals surface area contributed by atoms with Gasteiger partial charge in [-0.2, -0.15) is 0 Å². The predicted molar refractivity (Wildman–Crippen MR) is 110 cm³/mol. The Labute approximate surface area is 166 Å². The fraction of sp³-hybridized carbons (Fsp3) is 0.632. The Balaban J connectivity index is 1.47. The van der Waals surface area contributed by atoms with Crippen LogP contribution in [0.25, 0.3) is 0 Å². The van der Waals surface area contributed by atoms with E-state index in [0.717, 1.165) is 49.7 Å². The lowest BCUT2D eigenvalue weighted by Crippen LogP contribution is -2.52. The van der Waals surface area contributed by atoms with Gasteiger partial charge in [0.05, 0.1) is 44.2 Å². The normalized spacial score (nSPS) is 23.8. The number of sulfonamides is 1. The number of fused-ring (bicyclic) bond motifs is 1. The van der Waals surface area contributed by atoms with Gasteiger partial charge in [0.25, 0.3) is 0 Å². The van der Waals surface area contributed by atoms with Gasteiger partial charge >= 0.3 is 5.96 Å². The summed E-state index contributed by atoms with van der Waals surface area (Å²) < 4.78 is 27.1. The maximum absolute atomic E-state index is 11.7. The summed E-state index contributed by atoms with van der Waals surface area (Å²) in [6.45, 7) is 3.06. The molecule has 0 aromatic heterocycles. The Hall–Kier alpha value is -1.84.